The highest BCUT2D eigenvalue weighted by atomic mass is 19.1. The summed E-state index contributed by atoms with van der Waals surface area (Å²) in [4.78, 5) is 39.6. The Kier molecular flexibility index (Phi) is 5.35. The van der Waals surface area contributed by atoms with Gasteiger partial charge in [-0.3, -0.25) is 14.4 Å². The van der Waals surface area contributed by atoms with Crippen LogP contribution in [0.4, 0.5) is 23.2 Å². The molecule has 162 valence electrons. The van der Waals surface area contributed by atoms with Crippen LogP contribution in [0.2, 0.25) is 0 Å². The topological polar surface area (TPSA) is 84.0 Å². The number of benzene rings is 2. The van der Waals surface area contributed by atoms with Crippen molar-refractivity contribution in [3.8, 4) is 0 Å². The lowest BCUT2D eigenvalue weighted by atomic mass is 10.1. The van der Waals surface area contributed by atoms with E-state index in [1.54, 1.807) is 0 Å². The van der Waals surface area contributed by atoms with Gasteiger partial charge in [0.25, 0.3) is 5.91 Å². The van der Waals surface area contributed by atoms with Gasteiger partial charge < -0.3 is 14.9 Å². The first kappa shape index (κ1) is 21.0. The zero-order valence-corrected chi connectivity index (χ0v) is 16.1. The van der Waals surface area contributed by atoms with Crippen LogP contribution in [0.25, 0.3) is 11.0 Å². The van der Waals surface area contributed by atoms with Gasteiger partial charge in [0.05, 0.1) is 12.1 Å². The number of carbonyl (C=O) groups excluding carboxylic acids is 1. The zero-order chi connectivity index (χ0) is 23.0. The largest absolute Gasteiger partial charge is 0.341 e. The normalized spacial score (nSPS) is 11.0. The Morgan fingerprint density at radius 2 is 1.47 bits per heavy atom. The molecule has 0 saturated carbocycles. The highest BCUT2D eigenvalue weighted by Gasteiger charge is 2.20. The van der Waals surface area contributed by atoms with Gasteiger partial charge in [0.1, 0.15) is 40.0 Å². The lowest BCUT2D eigenvalue weighted by Crippen LogP contribution is -2.26. The van der Waals surface area contributed by atoms with Crippen molar-refractivity contribution >= 4 is 22.6 Å². The third-order valence-corrected chi connectivity index (χ3v) is 4.80. The number of carbonyl (C=O) groups is 1. The summed E-state index contributed by atoms with van der Waals surface area (Å²) in [6, 6.07) is 8.54. The third kappa shape index (κ3) is 3.78. The van der Waals surface area contributed by atoms with Crippen LogP contribution in [0, 0.1) is 23.3 Å². The van der Waals surface area contributed by atoms with Crippen LogP contribution in [0.1, 0.15) is 15.9 Å². The second-order valence-electron chi connectivity index (χ2n) is 6.83. The molecule has 0 spiro atoms. The average molecular weight is 443 g/mol. The molecular formula is C22H13F4N3O3. The Morgan fingerprint density at radius 3 is 2.09 bits per heavy atom. The number of hydrogen-bond donors (Lipinski definition) is 2. The maximum absolute atomic E-state index is 14.2. The fourth-order valence-corrected chi connectivity index (χ4v) is 3.24. The van der Waals surface area contributed by atoms with Gasteiger partial charge in [-0.1, -0.05) is 12.1 Å². The van der Waals surface area contributed by atoms with Gasteiger partial charge in [0, 0.05) is 17.8 Å². The van der Waals surface area contributed by atoms with Crippen molar-refractivity contribution in [1.82, 2.24) is 9.55 Å². The third-order valence-electron chi connectivity index (χ3n) is 4.80. The number of fused-ring (bicyclic) bond motifs is 1. The SMILES string of the molecule is O=C(Nc1c(F)cccc1F)c1cn(Cc2c(F)cccc2F)c2ccc(=O)[nH]c2c1=O. The molecule has 0 saturated heterocycles. The van der Waals surface area contributed by atoms with Gasteiger partial charge in [-0.05, 0) is 30.3 Å². The molecule has 2 aromatic carbocycles. The van der Waals surface area contributed by atoms with Gasteiger partial charge >= 0.3 is 0 Å². The summed E-state index contributed by atoms with van der Waals surface area (Å²) in [5.74, 6) is -5.03. The van der Waals surface area contributed by atoms with Crippen molar-refractivity contribution in [2.75, 3.05) is 5.32 Å². The standard InChI is InChI=1S/C22H13F4N3O3/c23-13-3-1-4-14(24)11(13)9-29-10-12(21(31)20-17(29)7-8-18(30)27-20)22(32)28-19-15(25)5-2-6-16(19)26/h1-8,10H,9H2,(H,27,30)(H,28,32). The molecule has 0 atom stereocenters. The molecule has 0 aliphatic heterocycles. The Hall–Kier alpha value is -4.21. The first-order valence-electron chi connectivity index (χ1n) is 9.21. The van der Waals surface area contributed by atoms with E-state index in [0.717, 1.165) is 42.6 Å². The summed E-state index contributed by atoms with van der Waals surface area (Å²) in [5, 5.41) is 1.99. The second-order valence-corrected chi connectivity index (χ2v) is 6.83. The van der Waals surface area contributed by atoms with Gasteiger partial charge in [0.15, 0.2) is 0 Å². The highest BCUT2D eigenvalue weighted by Crippen LogP contribution is 2.20. The van der Waals surface area contributed by atoms with Crippen molar-refractivity contribution in [3.63, 3.8) is 0 Å². The number of H-pyrrole nitrogens is 1. The van der Waals surface area contributed by atoms with Crippen molar-refractivity contribution in [2.24, 2.45) is 0 Å². The van der Waals surface area contributed by atoms with Crippen LogP contribution in [0.5, 0.6) is 0 Å². The molecule has 2 aromatic heterocycles. The summed E-state index contributed by atoms with van der Waals surface area (Å²) in [5.41, 5.74) is -3.53. The van der Waals surface area contributed by atoms with Crippen molar-refractivity contribution in [1.29, 1.82) is 0 Å². The number of anilines is 1. The van der Waals surface area contributed by atoms with Gasteiger partial charge in [-0.2, -0.15) is 0 Å². The van der Waals surface area contributed by atoms with E-state index in [2.05, 4.69) is 4.98 Å². The number of hydrogen-bond acceptors (Lipinski definition) is 3. The number of pyridine rings is 2. The highest BCUT2D eigenvalue weighted by molar-refractivity contribution is 6.05. The van der Waals surface area contributed by atoms with E-state index >= 15 is 0 Å². The summed E-state index contributed by atoms with van der Waals surface area (Å²) in [6.07, 6.45) is 1.00. The van der Waals surface area contributed by atoms with E-state index in [9.17, 15) is 31.9 Å². The van der Waals surface area contributed by atoms with Crippen molar-refractivity contribution in [3.05, 3.63) is 110 Å². The first-order valence-corrected chi connectivity index (χ1v) is 9.21. The number of halogens is 4. The summed E-state index contributed by atoms with van der Waals surface area (Å²) in [6.45, 7) is -0.435. The number of amides is 1. The number of nitrogens with one attached hydrogen (secondary N) is 2. The molecule has 4 rings (SSSR count). The summed E-state index contributed by atoms with van der Waals surface area (Å²) in [7, 11) is 0. The molecule has 10 heteroatoms. The fraction of sp³-hybridized carbons (Fsp3) is 0.0455. The quantitative estimate of drug-likeness (QED) is 0.474. The predicted octanol–water partition coefficient (Wildman–Crippen LogP) is 3.55. The van der Waals surface area contributed by atoms with Crippen LogP contribution < -0.4 is 16.3 Å². The number of rotatable bonds is 4. The van der Waals surface area contributed by atoms with Crippen LogP contribution >= 0.6 is 0 Å². The molecule has 0 aliphatic carbocycles. The average Bonchev–Trinajstić information content (AvgIpc) is 2.75. The van der Waals surface area contributed by atoms with Crippen LogP contribution in [0.15, 0.2) is 64.3 Å². The molecule has 4 aromatic rings. The van der Waals surface area contributed by atoms with Crippen molar-refractivity contribution in [2.45, 2.75) is 6.54 Å². The molecule has 1 amide bonds. The van der Waals surface area contributed by atoms with Gasteiger partial charge in [-0.15, -0.1) is 0 Å². The molecule has 0 aliphatic rings. The van der Waals surface area contributed by atoms with E-state index in [4.69, 9.17) is 0 Å². The van der Waals surface area contributed by atoms with E-state index in [1.165, 1.54) is 16.7 Å². The lowest BCUT2D eigenvalue weighted by molar-refractivity contribution is 0.102. The Balaban J connectivity index is 1.88. The lowest BCUT2D eigenvalue weighted by Gasteiger charge is -2.14. The molecule has 0 unspecified atom stereocenters. The molecule has 6 nitrogen and oxygen atoms in total. The van der Waals surface area contributed by atoms with E-state index in [1.807, 2.05) is 5.32 Å². The van der Waals surface area contributed by atoms with Gasteiger partial charge in [-0.25, -0.2) is 17.6 Å². The predicted molar refractivity (Wildman–Crippen MR) is 109 cm³/mol. The van der Waals surface area contributed by atoms with Gasteiger partial charge in [0.2, 0.25) is 11.0 Å². The number of para-hydroxylation sites is 1. The smallest absolute Gasteiger partial charge is 0.261 e. The monoisotopic (exact) mass is 443 g/mol. The number of nitrogens with zero attached hydrogens (tertiary/aromatic N) is 1. The van der Waals surface area contributed by atoms with E-state index < -0.39 is 58.0 Å². The minimum absolute atomic E-state index is 0.0888. The van der Waals surface area contributed by atoms with Crippen LogP contribution in [-0.2, 0) is 6.54 Å². The fourth-order valence-electron chi connectivity index (χ4n) is 3.24. The molecular weight excluding hydrogens is 430 g/mol. The minimum atomic E-state index is -1.17. The minimum Gasteiger partial charge on any atom is -0.341 e. The van der Waals surface area contributed by atoms with E-state index in [0.29, 0.717) is 0 Å². The summed E-state index contributed by atoms with van der Waals surface area (Å²) >= 11 is 0. The Morgan fingerprint density at radius 1 is 0.875 bits per heavy atom. The molecule has 0 fully saturated rings. The summed E-state index contributed by atoms with van der Waals surface area (Å²) < 4.78 is 57.4. The Labute approximate surface area is 176 Å². The van der Waals surface area contributed by atoms with Crippen molar-refractivity contribution < 1.29 is 22.4 Å². The second kappa shape index (κ2) is 8.14. The maximum atomic E-state index is 14.2. The Bertz CT molecular complexity index is 1450. The number of aromatic nitrogens is 2. The molecule has 0 bridgehead atoms. The molecule has 0 radical (unpaired) electrons. The first-order chi connectivity index (χ1) is 15.3. The number of aromatic amines is 1. The van der Waals surface area contributed by atoms with Crippen LogP contribution in [-0.4, -0.2) is 15.5 Å². The molecule has 2 N–H and O–H groups in total. The van der Waals surface area contributed by atoms with Crippen LogP contribution in [0.3, 0.4) is 0 Å². The molecule has 2 heterocycles. The maximum Gasteiger partial charge on any atom is 0.261 e. The zero-order valence-electron chi connectivity index (χ0n) is 16.1. The molecule has 32 heavy (non-hydrogen) atoms. The van der Waals surface area contributed by atoms with E-state index in [-0.39, 0.29) is 16.6 Å².